The highest BCUT2D eigenvalue weighted by Gasteiger charge is 2.25. The topological polar surface area (TPSA) is 78.8 Å². The number of carbonyl (C=O) groups excluding carboxylic acids is 1. The van der Waals surface area contributed by atoms with Gasteiger partial charge in [-0.3, -0.25) is 0 Å². The summed E-state index contributed by atoms with van der Waals surface area (Å²) in [5.74, 6) is -0.0856. The number of carbonyl (C=O) groups is 1. The van der Waals surface area contributed by atoms with Crippen LogP contribution in [0, 0.1) is 5.92 Å². The number of hydrogen-bond acceptors (Lipinski definition) is 4. The summed E-state index contributed by atoms with van der Waals surface area (Å²) in [6.07, 6.45) is -2.23. The monoisotopic (exact) mass is 219 g/mol. The highest BCUT2D eigenvalue weighted by atomic mass is 16.6. The number of ether oxygens (including phenoxy) is 1. The number of hydrogen-bond donors (Lipinski definition) is 3. The summed E-state index contributed by atoms with van der Waals surface area (Å²) in [4.78, 5) is 11.3. The van der Waals surface area contributed by atoms with Gasteiger partial charge in [-0.15, -0.1) is 0 Å². The van der Waals surface area contributed by atoms with E-state index in [2.05, 4.69) is 5.32 Å². The van der Waals surface area contributed by atoms with Gasteiger partial charge in [0.05, 0.1) is 6.04 Å². The Hall–Kier alpha value is -0.810. The van der Waals surface area contributed by atoms with Gasteiger partial charge in [0.15, 0.2) is 6.29 Å². The minimum absolute atomic E-state index is 0.0856. The second-order valence-corrected chi connectivity index (χ2v) is 4.83. The molecule has 0 aromatic rings. The predicted octanol–water partition coefficient (Wildman–Crippen LogP) is 0.846. The van der Waals surface area contributed by atoms with Gasteiger partial charge in [0.25, 0.3) is 0 Å². The van der Waals surface area contributed by atoms with E-state index in [1.807, 2.05) is 0 Å². The molecule has 0 bridgehead atoms. The molecule has 1 unspecified atom stereocenters. The first kappa shape index (κ1) is 14.2. The summed E-state index contributed by atoms with van der Waals surface area (Å²) < 4.78 is 5.00. The molecule has 0 aliphatic heterocycles. The van der Waals surface area contributed by atoms with E-state index in [0.29, 0.717) is 0 Å². The molecular formula is C10H21NO4. The Kier molecular flexibility index (Phi) is 5.03. The highest BCUT2D eigenvalue weighted by molar-refractivity contribution is 5.68. The van der Waals surface area contributed by atoms with Crippen molar-refractivity contribution in [3.8, 4) is 0 Å². The summed E-state index contributed by atoms with van der Waals surface area (Å²) in [7, 11) is 0. The number of aliphatic hydroxyl groups excluding tert-OH is 1. The Bertz CT molecular complexity index is 200. The van der Waals surface area contributed by atoms with Crippen LogP contribution in [0.15, 0.2) is 0 Å². The van der Waals surface area contributed by atoms with Crippen molar-refractivity contribution in [2.45, 2.75) is 52.6 Å². The highest BCUT2D eigenvalue weighted by Crippen LogP contribution is 2.09. The van der Waals surface area contributed by atoms with Crippen LogP contribution < -0.4 is 5.32 Å². The summed E-state index contributed by atoms with van der Waals surface area (Å²) in [5, 5.41) is 20.4. The van der Waals surface area contributed by atoms with Crippen LogP contribution in [0.4, 0.5) is 4.79 Å². The van der Waals surface area contributed by atoms with Crippen LogP contribution in [0.3, 0.4) is 0 Å². The number of alkyl carbamates (subject to hydrolysis) is 1. The zero-order chi connectivity index (χ0) is 12.2. The molecule has 3 N–H and O–H groups in total. The van der Waals surface area contributed by atoms with E-state index >= 15 is 0 Å². The van der Waals surface area contributed by atoms with Gasteiger partial charge in [0.1, 0.15) is 5.60 Å². The van der Waals surface area contributed by atoms with Crippen molar-refractivity contribution >= 4 is 6.09 Å². The average molecular weight is 219 g/mol. The number of amides is 1. The molecule has 0 aliphatic rings. The van der Waals surface area contributed by atoms with Gasteiger partial charge >= 0.3 is 6.09 Å². The van der Waals surface area contributed by atoms with Crippen LogP contribution in [0.2, 0.25) is 0 Å². The van der Waals surface area contributed by atoms with Crippen molar-refractivity contribution in [3.63, 3.8) is 0 Å². The lowest BCUT2D eigenvalue weighted by atomic mass is 10.0. The summed E-state index contributed by atoms with van der Waals surface area (Å²) in [6.45, 7) is 8.79. The second-order valence-electron chi connectivity index (χ2n) is 4.83. The van der Waals surface area contributed by atoms with E-state index in [0.717, 1.165) is 0 Å². The van der Waals surface area contributed by atoms with E-state index < -0.39 is 24.0 Å². The minimum atomic E-state index is -1.59. The molecule has 5 heteroatoms. The fourth-order valence-electron chi connectivity index (χ4n) is 1.03. The Morgan fingerprint density at radius 3 is 2.00 bits per heavy atom. The van der Waals surface area contributed by atoms with E-state index in [1.165, 1.54) is 0 Å². The van der Waals surface area contributed by atoms with E-state index in [9.17, 15) is 4.79 Å². The average Bonchev–Trinajstić information content (AvgIpc) is 1.95. The Morgan fingerprint density at radius 1 is 1.27 bits per heavy atom. The minimum Gasteiger partial charge on any atom is -0.444 e. The molecule has 5 nitrogen and oxygen atoms in total. The second kappa shape index (κ2) is 5.32. The maximum absolute atomic E-state index is 11.3. The first-order valence-electron chi connectivity index (χ1n) is 4.99. The normalized spacial score (nSPS) is 14.2. The molecular weight excluding hydrogens is 198 g/mol. The molecule has 0 aromatic heterocycles. The zero-order valence-electron chi connectivity index (χ0n) is 9.94. The Balaban J connectivity index is 4.25. The molecule has 0 rings (SSSR count). The molecule has 1 amide bonds. The number of nitrogens with one attached hydrogen (secondary N) is 1. The van der Waals surface area contributed by atoms with Gasteiger partial charge in [0.2, 0.25) is 0 Å². The summed E-state index contributed by atoms with van der Waals surface area (Å²) >= 11 is 0. The number of aliphatic hydroxyl groups is 2. The molecule has 0 aromatic carbocycles. The Morgan fingerprint density at radius 2 is 1.73 bits per heavy atom. The molecule has 0 heterocycles. The van der Waals surface area contributed by atoms with Crippen molar-refractivity contribution < 1.29 is 19.7 Å². The Labute approximate surface area is 90.4 Å². The van der Waals surface area contributed by atoms with E-state index in [4.69, 9.17) is 14.9 Å². The van der Waals surface area contributed by atoms with Crippen molar-refractivity contribution in [1.29, 1.82) is 0 Å². The maximum Gasteiger partial charge on any atom is 0.408 e. The standard InChI is InChI=1S/C10H21NO4/c1-6(2)7(8(12)13)11-9(14)15-10(3,4)5/h6-8,12-13H,1-5H3,(H,11,14). The van der Waals surface area contributed by atoms with Crippen LogP contribution >= 0.6 is 0 Å². The van der Waals surface area contributed by atoms with Crippen LogP contribution in [-0.4, -0.2) is 34.2 Å². The fourth-order valence-corrected chi connectivity index (χ4v) is 1.03. The molecule has 0 spiro atoms. The fraction of sp³-hybridized carbons (Fsp3) is 0.900. The van der Waals surface area contributed by atoms with Crippen molar-refractivity contribution in [2.24, 2.45) is 5.92 Å². The lowest BCUT2D eigenvalue weighted by molar-refractivity contribution is -0.0783. The third kappa shape index (κ3) is 6.30. The summed E-state index contributed by atoms with van der Waals surface area (Å²) in [5.41, 5.74) is -0.591. The quantitative estimate of drug-likeness (QED) is 0.615. The third-order valence-electron chi connectivity index (χ3n) is 1.72. The molecule has 1 atom stereocenters. The number of rotatable bonds is 3. The maximum atomic E-state index is 11.3. The van der Waals surface area contributed by atoms with Crippen LogP contribution in [0.1, 0.15) is 34.6 Å². The largest absolute Gasteiger partial charge is 0.444 e. The first-order valence-corrected chi connectivity index (χ1v) is 4.99. The van der Waals surface area contributed by atoms with Crippen molar-refractivity contribution in [1.82, 2.24) is 5.32 Å². The van der Waals surface area contributed by atoms with Crippen LogP contribution in [-0.2, 0) is 4.74 Å². The zero-order valence-corrected chi connectivity index (χ0v) is 9.94. The SMILES string of the molecule is CC(C)C(NC(=O)OC(C)(C)C)C(O)O. The van der Waals surface area contributed by atoms with Gasteiger partial charge < -0.3 is 20.3 Å². The van der Waals surface area contributed by atoms with Crippen LogP contribution in [0.5, 0.6) is 0 Å². The van der Waals surface area contributed by atoms with Gasteiger partial charge in [-0.05, 0) is 26.7 Å². The van der Waals surface area contributed by atoms with Gasteiger partial charge in [-0.25, -0.2) is 4.79 Å². The molecule has 0 radical (unpaired) electrons. The molecule has 90 valence electrons. The van der Waals surface area contributed by atoms with Gasteiger partial charge in [0, 0.05) is 0 Å². The molecule has 0 saturated carbocycles. The van der Waals surface area contributed by atoms with Crippen molar-refractivity contribution in [3.05, 3.63) is 0 Å². The molecule has 0 fully saturated rings. The van der Waals surface area contributed by atoms with Gasteiger partial charge in [-0.2, -0.15) is 0 Å². The van der Waals surface area contributed by atoms with Crippen LogP contribution in [0.25, 0.3) is 0 Å². The van der Waals surface area contributed by atoms with E-state index in [1.54, 1.807) is 34.6 Å². The summed E-state index contributed by atoms with van der Waals surface area (Å²) in [6, 6.07) is -0.722. The van der Waals surface area contributed by atoms with Gasteiger partial charge in [-0.1, -0.05) is 13.8 Å². The predicted molar refractivity (Wildman–Crippen MR) is 56.2 cm³/mol. The van der Waals surface area contributed by atoms with Crippen molar-refractivity contribution in [2.75, 3.05) is 0 Å². The molecule has 0 aliphatic carbocycles. The van der Waals surface area contributed by atoms with E-state index in [-0.39, 0.29) is 5.92 Å². The molecule has 0 saturated heterocycles. The molecule has 15 heavy (non-hydrogen) atoms. The lowest BCUT2D eigenvalue weighted by Crippen LogP contribution is -2.48. The lowest BCUT2D eigenvalue weighted by Gasteiger charge is -2.26. The first-order chi connectivity index (χ1) is 6.63. The third-order valence-corrected chi connectivity index (χ3v) is 1.72. The smallest absolute Gasteiger partial charge is 0.408 e.